The SMILES string of the molecule is COc1ccc(-c2nc(CN(CCO)Cc3cc(Br)ccc3F)co2)cc1. The summed E-state index contributed by atoms with van der Waals surface area (Å²) in [6.45, 7) is 1.16. The van der Waals surface area contributed by atoms with Gasteiger partial charge in [0.25, 0.3) is 0 Å². The molecule has 0 aliphatic rings. The van der Waals surface area contributed by atoms with Crippen molar-refractivity contribution in [2.45, 2.75) is 13.1 Å². The summed E-state index contributed by atoms with van der Waals surface area (Å²) in [5.74, 6) is 0.987. The van der Waals surface area contributed by atoms with Crippen molar-refractivity contribution in [3.63, 3.8) is 0 Å². The fourth-order valence-corrected chi connectivity index (χ4v) is 3.14. The lowest BCUT2D eigenvalue weighted by atomic mass is 10.2. The molecule has 5 nitrogen and oxygen atoms in total. The fourth-order valence-electron chi connectivity index (χ4n) is 2.74. The van der Waals surface area contributed by atoms with E-state index in [9.17, 15) is 9.50 Å². The minimum absolute atomic E-state index is 0.0290. The number of methoxy groups -OCH3 is 1. The molecular formula is C20H20BrFN2O3. The minimum atomic E-state index is -0.278. The molecule has 0 fully saturated rings. The van der Waals surface area contributed by atoms with Gasteiger partial charge in [-0.25, -0.2) is 9.37 Å². The molecule has 0 unspecified atom stereocenters. The van der Waals surface area contributed by atoms with Crippen LogP contribution < -0.4 is 4.74 Å². The van der Waals surface area contributed by atoms with E-state index in [1.165, 1.54) is 6.07 Å². The second-order valence-electron chi connectivity index (χ2n) is 6.04. The van der Waals surface area contributed by atoms with Gasteiger partial charge in [0.15, 0.2) is 0 Å². The molecule has 0 radical (unpaired) electrons. The molecule has 0 bridgehead atoms. The predicted octanol–water partition coefficient (Wildman–Crippen LogP) is 4.25. The number of aliphatic hydroxyl groups excluding tert-OH is 1. The van der Waals surface area contributed by atoms with Gasteiger partial charge in [0.05, 0.1) is 19.4 Å². The van der Waals surface area contributed by atoms with Gasteiger partial charge in [-0.3, -0.25) is 4.90 Å². The Morgan fingerprint density at radius 3 is 2.67 bits per heavy atom. The molecule has 27 heavy (non-hydrogen) atoms. The molecule has 3 aromatic rings. The van der Waals surface area contributed by atoms with Gasteiger partial charge in [0.1, 0.15) is 17.8 Å². The van der Waals surface area contributed by atoms with Crippen molar-refractivity contribution >= 4 is 15.9 Å². The van der Waals surface area contributed by atoms with E-state index in [1.807, 2.05) is 29.2 Å². The number of oxazole rings is 1. The van der Waals surface area contributed by atoms with Gasteiger partial charge in [-0.1, -0.05) is 15.9 Å². The van der Waals surface area contributed by atoms with Gasteiger partial charge in [0, 0.05) is 35.2 Å². The van der Waals surface area contributed by atoms with E-state index >= 15 is 0 Å². The molecule has 1 aromatic heterocycles. The molecular weight excluding hydrogens is 415 g/mol. The quantitative estimate of drug-likeness (QED) is 0.574. The third-order valence-electron chi connectivity index (χ3n) is 4.09. The predicted molar refractivity (Wildman–Crippen MR) is 104 cm³/mol. The molecule has 1 N–H and O–H groups in total. The fraction of sp³-hybridized carbons (Fsp3) is 0.250. The van der Waals surface area contributed by atoms with E-state index < -0.39 is 0 Å². The van der Waals surface area contributed by atoms with Crippen LogP contribution in [0, 0.1) is 5.82 Å². The van der Waals surface area contributed by atoms with Crippen LogP contribution in [0.5, 0.6) is 5.75 Å². The first kappa shape index (κ1) is 19.5. The highest BCUT2D eigenvalue weighted by Crippen LogP contribution is 2.23. The number of aromatic nitrogens is 1. The number of aliphatic hydroxyl groups is 1. The number of hydrogen-bond acceptors (Lipinski definition) is 5. The van der Waals surface area contributed by atoms with E-state index in [1.54, 1.807) is 25.5 Å². The molecule has 2 aromatic carbocycles. The van der Waals surface area contributed by atoms with Gasteiger partial charge >= 0.3 is 0 Å². The number of hydrogen-bond donors (Lipinski definition) is 1. The highest BCUT2D eigenvalue weighted by atomic mass is 79.9. The zero-order chi connectivity index (χ0) is 19.2. The van der Waals surface area contributed by atoms with Crippen LogP contribution in [0.3, 0.4) is 0 Å². The molecule has 0 saturated heterocycles. The van der Waals surface area contributed by atoms with Crippen LogP contribution in [0.25, 0.3) is 11.5 Å². The Balaban J connectivity index is 1.73. The molecule has 0 amide bonds. The van der Waals surface area contributed by atoms with Crippen LogP contribution in [-0.4, -0.2) is 35.3 Å². The second kappa shape index (κ2) is 9.12. The summed E-state index contributed by atoms with van der Waals surface area (Å²) in [6, 6.07) is 12.3. The van der Waals surface area contributed by atoms with Crippen LogP contribution in [-0.2, 0) is 13.1 Å². The minimum Gasteiger partial charge on any atom is -0.497 e. The van der Waals surface area contributed by atoms with Gasteiger partial charge in [-0.2, -0.15) is 0 Å². The van der Waals surface area contributed by atoms with Gasteiger partial charge in [-0.05, 0) is 42.5 Å². The van der Waals surface area contributed by atoms with Crippen LogP contribution in [0.15, 0.2) is 57.6 Å². The first-order valence-corrected chi connectivity index (χ1v) is 9.24. The van der Waals surface area contributed by atoms with Crippen molar-refractivity contribution in [2.75, 3.05) is 20.3 Å². The van der Waals surface area contributed by atoms with E-state index in [0.29, 0.717) is 36.8 Å². The van der Waals surface area contributed by atoms with Gasteiger partial charge in [0.2, 0.25) is 5.89 Å². The summed E-state index contributed by atoms with van der Waals surface area (Å²) < 4.78 is 25.6. The monoisotopic (exact) mass is 434 g/mol. The Kier molecular flexibility index (Phi) is 6.60. The Morgan fingerprint density at radius 1 is 1.19 bits per heavy atom. The van der Waals surface area contributed by atoms with E-state index in [0.717, 1.165) is 15.8 Å². The smallest absolute Gasteiger partial charge is 0.226 e. The largest absolute Gasteiger partial charge is 0.497 e. The van der Waals surface area contributed by atoms with Crippen molar-refractivity contribution in [1.29, 1.82) is 0 Å². The number of benzene rings is 2. The van der Waals surface area contributed by atoms with Gasteiger partial charge in [-0.15, -0.1) is 0 Å². The molecule has 0 aliphatic heterocycles. The number of rotatable bonds is 8. The maximum absolute atomic E-state index is 14.0. The van der Waals surface area contributed by atoms with Crippen molar-refractivity contribution in [1.82, 2.24) is 9.88 Å². The molecule has 0 spiro atoms. The zero-order valence-electron chi connectivity index (χ0n) is 14.9. The molecule has 142 valence electrons. The Labute approximate surface area is 165 Å². The third-order valence-corrected chi connectivity index (χ3v) is 4.59. The molecule has 7 heteroatoms. The highest BCUT2D eigenvalue weighted by Gasteiger charge is 2.14. The lowest BCUT2D eigenvalue weighted by Crippen LogP contribution is -2.26. The van der Waals surface area contributed by atoms with Crippen molar-refractivity contribution in [3.05, 3.63) is 70.3 Å². The first-order valence-electron chi connectivity index (χ1n) is 8.45. The van der Waals surface area contributed by atoms with Crippen LogP contribution in [0.2, 0.25) is 0 Å². The van der Waals surface area contributed by atoms with Crippen LogP contribution in [0.1, 0.15) is 11.3 Å². The molecule has 3 rings (SSSR count). The standard InChI is InChI=1S/C20H20BrFN2O3/c1-26-18-5-2-14(3-6-18)20-23-17(13-27-20)12-24(8-9-25)11-15-10-16(21)4-7-19(15)22/h2-7,10,13,25H,8-9,11-12H2,1H3. The molecule has 0 aliphatic carbocycles. The average molecular weight is 435 g/mol. The van der Waals surface area contributed by atoms with Crippen LogP contribution in [0.4, 0.5) is 4.39 Å². The average Bonchev–Trinajstić information content (AvgIpc) is 3.13. The summed E-state index contributed by atoms with van der Waals surface area (Å²) in [4.78, 5) is 6.42. The Hall–Kier alpha value is -2.22. The summed E-state index contributed by atoms with van der Waals surface area (Å²) in [7, 11) is 1.61. The molecule has 0 saturated carbocycles. The van der Waals surface area contributed by atoms with Crippen molar-refractivity contribution in [2.24, 2.45) is 0 Å². The topological polar surface area (TPSA) is 58.7 Å². The van der Waals surface area contributed by atoms with E-state index in [4.69, 9.17) is 9.15 Å². The number of halogens is 2. The third kappa shape index (κ3) is 5.15. The Morgan fingerprint density at radius 2 is 1.96 bits per heavy atom. The maximum Gasteiger partial charge on any atom is 0.226 e. The zero-order valence-corrected chi connectivity index (χ0v) is 16.4. The summed E-state index contributed by atoms with van der Waals surface area (Å²) in [5, 5.41) is 9.35. The summed E-state index contributed by atoms with van der Waals surface area (Å²) in [6.07, 6.45) is 1.58. The molecule has 1 heterocycles. The lowest BCUT2D eigenvalue weighted by Gasteiger charge is -2.20. The lowest BCUT2D eigenvalue weighted by molar-refractivity contribution is 0.181. The number of nitrogens with zero attached hydrogens (tertiary/aromatic N) is 2. The normalized spacial score (nSPS) is 11.1. The summed E-state index contributed by atoms with van der Waals surface area (Å²) in [5.41, 5.74) is 2.11. The highest BCUT2D eigenvalue weighted by molar-refractivity contribution is 9.10. The first-order chi connectivity index (χ1) is 13.1. The van der Waals surface area contributed by atoms with Crippen molar-refractivity contribution < 1.29 is 18.7 Å². The van der Waals surface area contributed by atoms with Crippen molar-refractivity contribution in [3.8, 4) is 17.2 Å². The van der Waals surface area contributed by atoms with E-state index in [-0.39, 0.29) is 12.4 Å². The summed E-state index contributed by atoms with van der Waals surface area (Å²) >= 11 is 3.36. The van der Waals surface area contributed by atoms with Crippen LogP contribution >= 0.6 is 15.9 Å². The second-order valence-corrected chi connectivity index (χ2v) is 6.96. The Bertz CT molecular complexity index is 883. The molecule has 0 atom stereocenters. The van der Waals surface area contributed by atoms with E-state index in [2.05, 4.69) is 20.9 Å². The number of ether oxygens (including phenoxy) is 1. The maximum atomic E-state index is 14.0. The van der Waals surface area contributed by atoms with Gasteiger partial charge < -0.3 is 14.3 Å².